The SMILES string of the molecule is O=C(NC1CCCCC1)c1nn2c(c1Cl)N[C@H](c1cccs1)C[C@H]2C(F)(F)F. The average Bonchev–Trinajstić information content (AvgIpc) is 3.30. The maximum atomic E-state index is 13.7. The summed E-state index contributed by atoms with van der Waals surface area (Å²) in [5, 5.41) is 11.6. The fourth-order valence-corrected chi connectivity index (χ4v) is 4.97. The molecule has 2 aliphatic rings. The smallest absolute Gasteiger partial charge is 0.361 e. The summed E-state index contributed by atoms with van der Waals surface area (Å²) in [4.78, 5) is 13.4. The lowest BCUT2D eigenvalue weighted by Gasteiger charge is -2.32. The molecule has 0 bridgehead atoms. The molecule has 1 fully saturated rings. The van der Waals surface area contributed by atoms with Crippen molar-refractivity contribution < 1.29 is 18.0 Å². The van der Waals surface area contributed by atoms with Crippen molar-refractivity contribution in [3.8, 4) is 0 Å². The Hall–Kier alpha value is -1.74. The minimum Gasteiger partial charge on any atom is -0.361 e. The van der Waals surface area contributed by atoms with E-state index in [0.29, 0.717) is 0 Å². The first-order chi connectivity index (χ1) is 13.3. The average molecular weight is 433 g/mol. The van der Waals surface area contributed by atoms with Gasteiger partial charge in [0.05, 0.1) is 6.04 Å². The van der Waals surface area contributed by atoms with Gasteiger partial charge in [-0.2, -0.15) is 18.3 Å². The van der Waals surface area contributed by atoms with Crippen LogP contribution in [0.15, 0.2) is 17.5 Å². The Morgan fingerprint density at radius 2 is 2.07 bits per heavy atom. The lowest BCUT2D eigenvalue weighted by atomic mass is 9.95. The summed E-state index contributed by atoms with van der Waals surface area (Å²) < 4.78 is 42.0. The molecule has 1 saturated carbocycles. The zero-order valence-corrected chi connectivity index (χ0v) is 16.5. The highest BCUT2D eigenvalue weighted by Crippen LogP contribution is 2.46. The Labute approximate surface area is 169 Å². The molecule has 5 nitrogen and oxygen atoms in total. The number of fused-ring (bicyclic) bond motifs is 1. The molecule has 0 radical (unpaired) electrons. The topological polar surface area (TPSA) is 59.0 Å². The van der Waals surface area contributed by atoms with E-state index >= 15 is 0 Å². The van der Waals surface area contributed by atoms with E-state index in [9.17, 15) is 18.0 Å². The Morgan fingerprint density at radius 3 is 2.71 bits per heavy atom. The molecule has 3 heterocycles. The number of halogens is 4. The fourth-order valence-electron chi connectivity index (χ4n) is 3.91. The second kappa shape index (κ2) is 7.59. The number of alkyl halides is 3. The number of hydrogen-bond donors (Lipinski definition) is 2. The maximum Gasteiger partial charge on any atom is 0.410 e. The van der Waals surface area contributed by atoms with Crippen LogP contribution in [-0.2, 0) is 0 Å². The highest BCUT2D eigenvalue weighted by Gasteiger charge is 2.48. The highest BCUT2D eigenvalue weighted by molar-refractivity contribution is 7.10. The van der Waals surface area contributed by atoms with Crippen LogP contribution < -0.4 is 10.6 Å². The van der Waals surface area contributed by atoms with Gasteiger partial charge in [-0.3, -0.25) is 4.79 Å². The largest absolute Gasteiger partial charge is 0.410 e. The van der Waals surface area contributed by atoms with E-state index in [2.05, 4.69) is 15.7 Å². The van der Waals surface area contributed by atoms with Gasteiger partial charge in [-0.1, -0.05) is 36.9 Å². The van der Waals surface area contributed by atoms with Crippen LogP contribution in [0.3, 0.4) is 0 Å². The van der Waals surface area contributed by atoms with E-state index in [0.717, 1.165) is 41.7 Å². The molecule has 2 aromatic rings. The minimum absolute atomic E-state index is 0.0151. The second-order valence-corrected chi connectivity index (χ2v) is 8.63. The maximum absolute atomic E-state index is 13.7. The lowest BCUT2D eigenvalue weighted by molar-refractivity contribution is -0.173. The van der Waals surface area contributed by atoms with E-state index in [-0.39, 0.29) is 29.0 Å². The third-order valence-electron chi connectivity index (χ3n) is 5.34. The molecule has 1 amide bonds. The summed E-state index contributed by atoms with van der Waals surface area (Å²) in [6.07, 6.45) is 0.198. The van der Waals surface area contributed by atoms with E-state index in [1.165, 1.54) is 11.3 Å². The van der Waals surface area contributed by atoms with E-state index in [1.54, 1.807) is 12.1 Å². The normalized spacial score (nSPS) is 23.1. The zero-order valence-electron chi connectivity index (χ0n) is 14.9. The van der Waals surface area contributed by atoms with Gasteiger partial charge in [0.25, 0.3) is 5.91 Å². The molecule has 4 rings (SSSR count). The van der Waals surface area contributed by atoms with Gasteiger partial charge in [0, 0.05) is 17.3 Å². The van der Waals surface area contributed by atoms with Crippen LogP contribution in [-0.4, -0.2) is 27.9 Å². The number of carbonyl (C=O) groups excluding carboxylic acids is 1. The van der Waals surface area contributed by atoms with Crippen molar-refractivity contribution in [2.24, 2.45) is 0 Å². The number of nitrogens with zero attached hydrogens (tertiary/aromatic N) is 2. The van der Waals surface area contributed by atoms with Crippen molar-refractivity contribution in [1.29, 1.82) is 0 Å². The third kappa shape index (κ3) is 3.74. The molecule has 10 heteroatoms. The van der Waals surface area contributed by atoms with Crippen LogP contribution in [0.1, 0.15) is 66.0 Å². The van der Waals surface area contributed by atoms with E-state index < -0.39 is 24.2 Å². The summed E-state index contributed by atoms with van der Waals surface area (Å²) in [5.74, 6) is -0.475. The Bertz CT molecular complexity index is 846. The number of aromatic nitrogens is 2. The molecule has 0 spiro atoms. The summed E-state index contributed by atoms with van der Waals surface area (Å²) in [6.45, 7) is 0. The Kier molecular flexibility index (Phi) is 5.30. The van der Waals surface area contributed by atoms with Gasteiger partial charge in [0.1, 0.15) is 10.8 Å². The highest BCUT2D eigenvalue weighted by atomic mass is 35.5. The number of rotatable bonds is 3. The van der Waals surface area contributed by atoms with Gasteiger partial charge < -0.3 is 10.6 Å². The lowest BCUT2D eigenvalue weighted by Crippen LogP contribution is -2.37. The molecule has 1 aliphatic heterocycles. The predicted octanol–water partition coefficient (Wildman–Crippen LogP) is 5.32. The molecule has 152 valence electrons. The van der Waals surface area contributed by atoms with Crippen molar-refractivity contribution in [3.05, 3.63) is 33.1 Å². The summed E-state index contributed by atoms with van der Waals surface area (Å²) in [7, 11) is 0. The van der Waals surface area contributed by atoms with Crippen LogP contribution in [0.5, 0.6) is 0 Å². The fraction of sp³-hybridized carbons (Fsp3) is 0.556. The number of nitrogens with one attached hydrogen (secondary N) is 2. The van der Waals surface area contributed by atoms with Crippen LogP contribution in [0, 0.1) is 0 Å². The number of hydrogen-bond acceptors (Lipinski definition) is 4. The molecule has 2 aromatic heterocycles. The number of anilines is 1. The van der Waals surface area contributed by atoms with Crippen LogP contribution in [0.2, 0.25) is 5.02 Å². The second-order valence-electron chi connectivity index (χ2n) is 7.27. The third-order valence-corrected chi connectivity index (χ3v) is 6.68. The molecule has 2 atom stereocenters. The molecule has 1 aliphatic carbocycles. The van der Waals surface area contributed by atoms with Gasteiger partial charge in [-0.15, -0.1) is 11.3 Å². The minimum atomic E-state index is -4.50. The van der Waals surface area contributed by atoms with Crippen LogP contribution in [0.25, 0.3) is 0 Å². The van der Waals surface area contributed by atoms with E-state index in [4.69, 9.17) is 11.6 Å². The first-order valence-corrected chi connectivity index (χ1v) is 10.6. The standard InChI is InChI=1S/C18H20ClF3N4OS/c19-14-15(17(27)23-10-5-2-1-3-6-10)25-26-13(18(20,21)22)9-11(24-16(14)26)12-7-4-8-28-12/h4,7-8,10-11,13,24H,1-3,5-6,9H2,(H,23,27)/t11-,13-/m0/s1. The van der Waals surface area contributed by atoms with Gasteiger partial charge in [-0.25, -0.2) is 4.68 Å². The van der Waals surface area contributed by atoms with Gasteiger partial charge in [-0.05, 0) is 24.3 Å². The van der Waals surface area contributed by atoms with Crippen LogP contribution in [0.4, 0.5) is 19.0 Å². The molecule has 0 aromatic carbocycles. The molecule has 28 heavy (non-hydrogen) atoms. The number of carbonyl (C=O) groups is 1. The first-order valence-electron chi connectivity index (χ1n) is 9.30. The number of thiophene rings is 1. The van der Waals surface area contributed by atoms with Crippen molar-refractivity contribution in [3.63, 3.8) is 0 Å². The summed E-state index contributed by atoms with van der Waals surface area (Å²) >= 11 is 7.70. The Morgan fingerprint density at radius 1 is 1.32 bits per heavy atom. The predicted molar refractivity (Wildman–Crippen MR) is 102 cm³/mol. The van der Waals surface area contributed by atoms with Crippen molar-refractivity contribution >= 4 is 34.7 Å². The zero-order chi connectivity index (χ0) is 19.9. The molecule has 0 unspecified atom stereocenters. The Balaban J connectivity index is 1.65. The van der Waals surface area contributed by atoms with Gasteiger partial charge in [0.15, 0.2) is 11.7 Å². The van der Waals surface area contributed by atoms with Gasteiger partial charge in [0.2, 0.25) is 0 Å². The van der Waals surface area contributed by atoms with Crippen molar-refractivity contribution in [2.75, 3.05) is 5.32 Å². The van der Waals surface area contributed by atoms with E-state index in [1.807, 2.05) is 5.38 Å². The van der Waals surface area contributed by atoms with Crippen molar-refractivity contribution in [2.45, 2.75) is 62.8 Å². The molecular weight excluding hydrogens is 413 g/mol. The summed E-state index contributed by atoms with van der Waals surface area (Å²) in [6, 6.07) is 1.21. The van der Waals surface area contributed by atoms with Gasteiger partial charge >= 0.3 is 6.18 Å². The monoisotopic (exact) mass is 432 g/mol. The quantitative estimate of drug-likeness (QED) is 0.690. The van der Waals surface area contributed by atoms with Crippen molar-refractivity contribution in [1.82, 2.24) is 15.1 Å². The summed E-state index contributed by atoms with van der Waals surface area (Å²) in [5.41, 5.74) is -0.157. The number of amides is 1. The van der Waals surface area contributed by atoms with Crippen LogP contribution >= 0.6 is 22.9 Å². The molecular formula is C18H20ClF3N4OS. The first kappa shape index (κ1) is 19.6. The molecule has 0 saturated heterocycles. The molecule has 2 N–H and O–H groups in total.